The van der Waals surface area contributed by atoms with Crippen LogP contribution in [0.25, 0.3) is 0 Å². The normalized spacial score (nSPS) is 17.5. The van der Waals surface area contributed by atoms with Crippen molar-refractivity contribution >= 4 is 10.0 Å². The van der Waals surface area contributed by atoms with Crippen LogP contribution in [0, 0.1) is 6.92 Å². The Balaban J connectivity index is 2.61. The number of H-pyrrole nitrogens is 2. The third-order valence-corrected chi connectivity index (χ3v) is 4.79. The number of sulfonamides is 1. The first-order chi connectivity index (χ1) is 7.93. The molecule has 1 aromatic rings. The summed E-state index contributed by atoms with van der Waals surface area (Å²) in [6.07, 6.45) is 1.58. The molecule has 1 fully saturated rings. The fourth-order valence-corrected chi connectivity index (χ4v) is 3.68. The van der Waals surface area contributed by atoms with E-state index in [4.69, 9.17) is 0 Å². The lowest BCUT2D eigenvalue weighted by Crippen LogP contribution is -2.36. The monoisotopic (exact) mass is 259 g/mol. The molecule has 1 aromatic heterocycles. The Morgan fingerprint density at radius 1 is 1.12 bits per heavy atom. The summed E-state index contributed by atoms with van der Waals surface area (Å²) in [5, 5.41) is 0. The van der Waals surface area contributed by atoms with E-state index in [2.05, 4.69) is 4.98 Å². The maximum atomic E-state index is 12.2. The molecule has 17 heavy (non-hydrogen) atoms. The van der Waals surface area contributed by atoms with Crippen molar-refractivity contribution in [3.05, 3.63) is 26.5 Å². The molecule has 1 aliphatic rings. The number of aromatic nitrogens is 2. The highest BCUT2D eigenvalue weighted by atomic mass is 32.2. The van der Waals surface area contributed by atoms with Crippen molar-refractivity contribution in [3.8, 4) is 0 Å². The van der Waals surface area contributed by atoms with Crippen LogP contribution in [0.3, 0.4) is 0 Å². The van der Waals surface area contributed by atoms with Gasteiger partial charge in [0.1, 0.15) is 0 Å². The lowest BCUT2D eigenvalue weighted by molar-refractivity contribution is 0.475. The van der Waals surface area contributed by atoms with Gasteiger partial charge in [-0.05, 0) is 19.8 Å². The minimum absolute atomic E-state index is 0.0747. The predicted molar refractivity (Wildman–Crippen MR) is 60.4 cm³/mol. The Hall–Kier alpha value is -1.41. The van der Waals surface area contributed by atoms with E-state index in [0.717, 1.165) is 12.8 Å². The van der Waals surface area contributed by atoms with Crippen molar-refractivity contribution in [2.45, 2.75) is 24.7 Å². The highest BCUT2D eigenvalue weighted by Crippen LogP contribution is 2.18. The molecule has 0 atom stereocenters. The van der Waals surface area contributed by atoms with Crippen molar-refractivity contribution in [3.63, 3.8) is 0 Å². The number of aryl methyl sites for hydroxylation is 1. The summed E-state index contributed by atoms with van der Waals surface area (Å²) in [7, 11) is -3.80. The molecule has 0 aliphatic carbocycles. The summed E-state index contributed by atoms with van der Waals surface area (Å²) < 4.78 is 25.6. The van der Waals surface area contributed by atoms with E-state index >= 15 is 0 Å². The minimum atomic E-state index is -3.80. The van der Waals surface area contributed by atoms with Crippen LogP contribution in [0.2, 0.25) is 0 Å². The average molecular weight is 259 g/mol. The number of hydrogen-bond acceptors (Lipinski definition) is 4. The van der Waals surface area contributed by atoms with Gasteiger partial charge in [0.25, 0.3) is 5.56 Å². The van der Waals surface area contributed by atoms with E-state index in [1.807, 2.05) is 4.98 Å². The maximum Gasteiger partial charge on any atom is 0.325 e. The molecule has 94 valence electrons. The Bertz CT molecular complexity index is 637. The van der Waals surface area contributed by atoms with Crippen molar-refractivity contribution in [1.29, 1.82) is 0 Å². The molecule has 0 radical (unpaired) electrons. The molecule has 0 spiro atoms. The van der Waals surface area contributed by atoms with E-state index in [0.29, 0.717) is 13.1 Å². The molecule has 0 amide bonds. The average Bonchev–Trinajstić information content (AvgIpc) is 2.67. The van der Waals surface area contributed by atoms with Crippen molar-refractivity contribution < 1.29 is 8.42 Å². The van der Waals surface area contributed by atoms with E-state index in [1.165, 1.54) is 11.2 Å². The summed E-state index contributed by atoms with van der Waals surface area (Å²) in [5.41, 5.74) is -1.49. The highest BCUT2D eigenvalue weighted by Gasteiger charge is 2.31. The lowest BCUT2D eigenvalue weighted by atomic mass is 10.4. The molecule has 8 heteroatoms. The van der Waals surface area contributed by atoms with Crippen molar-refractivity contribution in [2.75, 3.05) is 13.1 Å². The number of nitrogens with zero attached hydrogens (tertiary/aromatic N) is 1. The maximum absolute atomic E-state index is 12.2. The Morgan fingerprint density at radius 2 is 1.71 bits per heavy atom. The van der Waals surface area contributed by atoms with E-state index < -0.39 is 21.3 Å². The predicted octanol–water partition coefficient (Wildman–Crippen LogP) is -0.844. The fourth-order valence-electron chi connectivity index (χ4n) is 1.96. The Morgan fingerprint density at radius 3 is 2.24 bits per heavy atom. The first-order valence-corrected chi connectivity index (χ1v) is 6.70. The fraction of sp³-hybridized carbons (Fsp3) is 0.556. The molecule has 0 aromatic carbocycles. The molecular formula is C9H13N3O4S. The van der Waals surface area contributed by atoms with Crippen LogP contribution in [0.1, 0.15) is 18.5 Å². The summed E-state index contributed by atoms with van der Waals surface area (Å²) in [6, 6.07) is 0. The molecule has 7 nitrogen and oxygen atoms in total. The highest BCUT2D eigenvalue weighted by molar-refractivity contribution is 7.89. The van der Waals surface area contributed by atoms with Gasteiger partial charge in [0.2, 0.25) is 10.0 Å². The molecule has 2 heterocycles. The van der Waals surface area contributed by atoms with Gasteiger partial charge in [-0.25, -0.2) is 13.2 Å². The number of nitrogens with one attached hydrogen (secondary N) is 2. The van der Waals surface area contributed by atoms with Crippen LogP contribution < -0.4 is 11.2 Å². The first-order valence-electron chi connectivity index (χ1n) is 5.26. The number of aromatic amines is 2. The van der Waals surface area contributed by atoms with Gasteiger partial charge in [0.15, 0.2) is 4.90 Å². The van der Waals surface area contributed by atoms with Crippen LogP contribution in [-0.4, -0.2) is 35.8 Å². The summed E-state index contributed by atoms with van der Waals surface area (Å²) in [6.45, 7) is 2.24. The summed E-state index contributed by atoms with van der Waals surface area (Å²) in [5.74, 6) is 0. The zero-order chi connectivity index (χ0) is 12.6. The Kier molecular flexibility index (Phi) is 2.92. The zero-order valence-corrected chi connectivity index (χ0v) is 10.1. The molecule has 1 aliphatic heterocycles. The van der Waals surface area contributed by atoms with Crippen LogP contribution >= 0.6 is 0 Å². The summed E-state index contributed by atoms with van der Waals surface area (Å²) >= 11 is 0. The molecule has 0 saturated carbocycles. The van der Waals surface area contributed by atoms with Crippen LogP contribution in [0.15, 0.2) is 14.5 Å². The van der Waals surface area contributed by atoms with Crippen molar-refractivity contribution in [2.24, 2.45) is 0 Å². The van der Waals surface area contributed by atoms with Gasteiger partial charge in [-0.1, -0.05) is 0 Å². The van der Waals surface area contributed by atoms with Gasteiger partial charge in [-0.2, -0.15) is 4.31 Å². The van der Waals surface area contributed by atoms with E-state index in [-0.39, 0.29) is 10.6 Å². The zero-order valence-electron chi connectivity index (χ0n) is 9.32. The largest absolute Gasteiger partial charge is 0.325 e. The van der Waals surface area contributed by atoms with Gasteiger partial charge < -0.3 is 4.98 Å². The standard InChI is InChI=1S/C9H13N3O4S/c1-6-7(8(13)11-9(14)10-6)17(15,16)12-4-2-3-5-12/h2-5H2,1H3,(H2,10,11,13,14). The molecular weight excluding hydrogens is 246 g/mol. The van der Waals surface area contributed by atoms with E-state index in [1.54, 1.807) is 0 Å². The molecule has 1 saturated heterocycles. The number of rotatable bonds is 2. The SMILES string of the molecule is Cc1[nH]c(=O)[nH]c(=O)c1S(=O)(=O)N1CCCC1. The van der Waals surface area contributed by atoms with Gasteiger partial charge in [0, 0.05) is 18.8 Å². The number of hydrogen-bond donors (Lipinski definition) is 2. The smallest absolute Gasteiger partial charge is 0.310 e. The third-order valence-electron chi connectivity index (χ3n) is 2.74. The van der Waals surface area contributed by atoms with Crippen molar-refractivity contribution in [1.82, 2.24) is 14.3 Å². The quantitative estimate of drug-likeness (QED) is 0.722. The topological polar surface area (TPSA) is 103 Å². The third kappa shape index (κ3) is 2.05. The van der Waals surface area contributed by atoms with Gasteiger partial charge >= 0.3 is 5.69 Å². The van der Waals surface area contributed by atoms with Crippen LogP contribution in [0.5, 0.6) is 0 Å². The second kappa shape index (κ2) is 4.11. The molecule has 2 rings (SSSR count). The molecule has 0 unspecified atom stereocenters. The van der Waals surface area contributed by atoms with Crippen LogP contribution in [0.4, 0.5) is 0 Å². The lowest BCUT2D eigenvalue weighted by Gasteiger charge is -2.15. The second-order valence-corrected chi connectivity index (χ2v) is 5.85. The summed E-state index contributed by atoms with van der Waals surface area (Å²) in [4.78, 5) is 26.4. The van der Waals surface area contributed by atoms with Gasteiger partial charge in [-0.3, -0.25) is 9.78 Å². The minimum Gasteiger partial charge on any atom is -0.310 e. The first kappa shape index (κ1) is 12.1. The second-order valence-electron chi connectivity index (χ2n) is 3.97. The van der Waals surface area contributed by atoms with Gasteiger partial charge in [-0.15, -0.1) is 0 Å². The molecule has 2 N–H and O–H groups in total. The Labute approximate surface area is 97.5 Å². The van der Waals surface area contributed by atoms with Crippen LogP contribution in [-0.2, 0) is 10.0 Å². The van der Waals surface area contributed by atoms with E-state index in [9.17, 15) is 18.0 Å². The van der Waals surface area contributed by atoms with Gasteiger partial charge in [0.05, 0.1) is 0 Å². The molecule has 0 bridgehead atoms.